The van der Waals surface area contributed by atoms with Crippen LogP contribution in [-0.4, -0.2) is 20.9 Å². The largest absolute Gasteiger partial charge is 0.478 e. The Morgan fingerprint density at radius 1 is 1.67 bits per heavy atom. The molecule has 2 aromatic rings. The van der Waals surface area contributed by atoms with Gasteiger partial charge in [-0.3, -0.25) is 4.68 Å². The van der Waals surface area contributed by atoms with E-state index < -0.39 is 5.97 Å². The maximum absolute atomic E-state index is 11.2. The van der Waals surface area contributed by atoms with E-state index >= 15 is 0 Å². The van der Waals surface area contributed by atoms with E-state index in [1.165, 1.54) is 11.3 Å². The molecule has 6 heteroatoms. The molecule has 18 heavy (non-hydrogen) atoms. The number of carboxylic acids is 1. The molecule has 2 heterocycles. The SMILES string of the molecule is CCC(C)n1cc(C(=O)O)c(-c2csc(Cl)c2)n1. The smallest absolute Gasteiger partial charge is 0.339 e. The molecule has 0 spiro atoms. The van der Waals surface area contributed by atoms with Gasteiger partial charge in [-0.2, -0.15) is 5.10 Å². The summed E-state index contributed by atoms with van der Waals surface area (Å²) >= 11 is 7.24. The van der Waals surface area contributed by atoms with Gasteiger partial charge in [-0.1, -0.05) is 18.5 Å². The van der Waals surface area contributed by atoms with Crippen molar-refractivity contribution in [2.45, 2.75) is 26.3 Å². The average molecular weight is 285 g/mol. The Labute approximate surface area is 114 Å². The fraction of sp³-hybridized carbons (Fsp3) is 0.333. The number of nitrogens with zero attached hydrogens (tertiary/aromatic N) is 2. The van der Waals surface area contributed by atoms with Gasteiger partial charge in [0.05, 0.1) is 4.34 Å². The van der Waals surface area contributed by atoms with Crippen LogP contribution in [0, 0.1) is 0 Å². The second-order valence-corrected chi connectivity index (χ2v) is 5.62. The standard InChI is InChI=1S/C12H13ClN2O2S/c1-3-7(2)15-5-9(12(16)17)11(14-15)8-4-10(13)18-6-8/h4-7H,3H2,1-2H3,(H,16,17). The Kier molecular flexibility index (Phi) is 3.73. The van der Waals surface area contributed by atoms with Gasteiger partial charge in [-0.25, -0.2) is 4.79 Å². The summed E-state index contributed by atoms with van der Waals surface area (Å²) in [6, 6.07) is 1.91. The van der Waals surface area contributed by atoms with Crippen molar-refractivity contribution in [1.29, 1.82) is 0 Å². The second kappa shape index (κ2) is 5.12. The Hall–Kier alpha value is -1.33. The van der Waals surface area contributed by atoms with E-state index in [9.17, 15) is 9.90 Å². The molecule has 0 saturated heterocycles. The van der Waals surface area contributed by atoms with Crippen LogP contribution in [0.1, 0.15) is 36.7 Å². The van der Waals surface area contributed by atoms with Gasteiger partial charge in [0.1, 0.15) is 11.3 Å². The van der Waals surface area contributed by atoms with Gasteiger partial charge in [0, 0.05) is 23.2 Å². The Balaban J connectivity index is 2.51. The van der Waals surface area contributed by atoms with Crippen molar-refractivity contribution >= 4 is 28.9 Å². The highest BCUT2D eigenvalue weighted by Gasteiger charge is 2.19. The van der Waals surface area contributed by atoms with Crippen LogP contribution in [0.3, 0.4) is 0 Å². The number of aromatic carboxylic acids is 1. The number of rotatable bonds is 4. The molecule has 96 valence electrons. The molecule has 0 aromatic carbocycles. The van der Waals surface area contributed by atoms with Crippen molar-refractivity contribution in [2.24, 2.45) is 0 Å². The third-order valence-corrected chi connectivity index (χ3v) is 3.94. The van der Waals surface area contributed by atoms with E-state index in [1.54, 1.807) is 16.9 Å². The summed E-state index contributed by atoms with van der Waals surface area (Å²) in [4.78, 5) is 11.2. The van der Waals surface area contributed by atoms with Gasteiger partial charge in [-0.05, 0) is 19.4 Å². The maximum Gasteiger partial charge on any atom is 0.339 e. The van der Waals surface area contributed by atoms with Crippen LogP contribution in [0.2, 0.25) is 4.34 Å². The van der Waals surface area contributed by atoms with Gasteiger partial charge >= 0.3 is 5.97 Å². The monoisotopic (exact) mass is 284 g/mol. The molecule has 0 fully saturated rings. The highest BCUT2D eigenvalue weighted by Crippen LogP contribution is 2.30. The number of hydrogen-bond acceptors (Lipinski definition) is 3. The lowest BCUT2D eigenvalue weighted by molar-refractivity contribution is 0.0697. The fourth-order valence-electron chi connectivity index (χ4n) is 1.61. The van der Waals surface area contributed by atoms with Crippen LogP contribution in [-0.2, 0) is 0 Å². The molecular formula is C12H13ClN2O2S. The summed E-state index contributed by atoms with van der Waals surface area (Å²) in [5, 5.41) is 15.4. The summed E-state index contributed by atoms with van der Waals surface area (Å²) in [5.74, 6) is -0.970. The topological polar surface area (TPSA) is 55.1 Å². The molecule has 0 radical (unpaired) electrons. The van der Waals surface area contributed by atoms with Crippen LogP contribution in [0.25, 0.3) is 11.3 Å². The van der Waals surface area contributed by atoms with Crippen molar-refractivity contribution in [3.8, 4) is 11.3 Å². The normalized spacial score (nSPS) is 12.6. The molecule has 0 aliphatic rings. The van der Waals surface area contributed by atoms with Gasteiger partial charge in [0.15, 0.2) is 0 Å². The van der Waals surface area contributed by atoms with E-state index in [0.29, 0.717) is 10.0 Å². The van der Waals surface area contributed by atoms with Gasteiger partial charge in [0.2, 0.25) is 0 Å². The number of carbonyl (C=O) groups is 1. The zero-order valence-electron chi connectivity index (χ0n) is 10.1. The zero-order chi connectivity index (χ0) is 13.3. The summed E-state index contributed by atoms with van der Waals surface area (Å²) in [6.45, 7) is 4.04. The predicted octanol–water partition coefficient (Wildman–Crippen LogP) is 3.93. The second-order valence-electron chi connectivity index (χ2n) is 4.07. The Bertz CT molecular complexity index is 576. The van der Waals surface area contributed by atoms with E-state index in [1.807, 2.05) is 19.2 Å². The predicted molar refractivity (Wildman–Crippen MR) is 72.5 cm³/mol. The summed E-state index contributed by atoms with van der Waals surface area (Å²) in [7, 11) is 0. The fourth-order valence-corrected chi connectivity index (χ4v) is 2.47. The maximum atomic E-state index is 11.2. The third kappa shape index (κ3) is 2.42. The molecule has 1 atom stereocenters. The van der Waals surface area contributed by atoms with Gasteiger partial charge < -0.3 is 5.11 Å². The molecular weight excluding hydrogens is 272 g/mol. The molecule has 2 rings (SSSR count). The average Bonchev–Trinajstić information content (AvgIpc) is 2.93. The van der Waals surface area contributed by atoms with Crippen molar-refractivity contribution in [3.05, 3.63) is 27.5 Å². The minimum Gasteiger partial charge on any atom is -0.478 e. The molecule has 2 aromatic heterocycles. The van der Waals surface area contributed by atoms with E-state index in [2.05, 4.69) is 5.10 Å². The Morgan fingerprint density at radius 2 is 2.39 bits per heavy atom. The first-order valence-electron chi connectivity index (χ1n) is 5.59. The summed E-state index contributed by atoms with van der Waals surface area (Å²) in [5.41, 5.74) is 1.44. The lowest BCUT2D eigenvalue weighted by atomic mass is 10.1. The van der Waals surface area contributed by atoms with Crippen molar-refractivity contribution in [2.75, 3.05) is 0 Å². The van der Waals surface area contributed by atoms with E-state index in [0.717, 1.165) is 12.0 Å². The van der Waals surface area contributed by atoms with Crippen LogP contribution in [0.5, 0.6) is 0 Å². The minimum atomic E-state index is -0.970. The van der Waals surface area contributed by atoms with Gasteiger partial charge in [-0.15, -0.1) is 11.3 Å². The highest BCUT2D eigenvalue weighted by molar-refractivity contribution is 7.14. The first-order valence-corrected chi connectivity index (χ1v) is 6.85. The highest BCUT2D eigenvalue weighted by atomic mass is 35.5. The number of hydrogen-bond donors (Lipinski definition) is 1. The molecule has 0 aliphatic carbocycles. The summed E-state index contributed by atoms with van der Waals surface area (Å²) in [6.07, 6.45) is 2.47. The van der Waals surface area contributed by atoms with Crippen LogP contribution < -0.4 is 0 Å². The lowest BCUT2D eigenvalue weighted by Gasteiger charge is -2.07. The molecule has 0 aliphatic heterocycles. The third-order valence-electron chi connectivity index (χ3n) is 2.85. The van der Waals surface area contributed by atoms with Crippen molar-refractivity contribution < 1.29 is 9.90 Å². The molecule has 1 unspecified atom stereocenters. The first kappa shape index (κ1) is 13.1. The summed E-state index contributed by atoms with van der Waals surface area (Å²) < 4.78 is 2.32. The number of thiophene rings is 1. The number of carboxylic acid groups (broad SMARTS) is 1. The molecule has 0 bridgehead atoms. The Morgan fingerprint density at radius 3 is 2.89 bits per heavy atom. The minimum absolute atomic E-state index is 0.172. The van der Waals surface area contributed by atoms with Crippen LogP contribution in [0.15, 0.2) is 17.6 Å². The number of aromatic nitrogens is 2. The zero-order valence-corrected chi connectivity index (χ0v) is 11.6. The molecule has 0 amide bonds. The van der Waals surface area contributed by atoms with Crippen LogP contribution >= 0.6 is 22.9 Å². The van der Waals surface area contributed by atoms with Crippen molar-refractivity contribution in [3.63, 3.8) is 0 Å². The van der Waals surface area contributed by atoms with E-state index in [4.69, 9.17) is 11.6 Å². The quantitative estimate of drug-likeness (QED) is 0.925. The van der Waals surface area contributed by atoms with Crippen LogP contribution in [0.4, 0.5) is 0 Å². The van der Waals surface area contributed by atoms with E-state index in [-0.39, 0.29) is 11.6 Å². The molecule has 0 saturated carbocycles. The lowest BCUT2D eigenvalue weighted by Crippen LogP contribution is -2.04. The molecule has 4 nitrogen and oxygen atoms in total. The van der Waals surface area contributed by atoms with Gasteiger partial charge in [0.25, 0.3) is 0 Å². The van der Waals surface area contributed by atoms with Crippen molar-refractivity contribution in [1.82, 2.24) is 9.78 Å². The molecule has 1 N–H and O–H groups in total. The first-order chi connectivity index (χ1) is 8.52. The number of halogens is 1.